The molecule has 0 saturated heterocycles. The van der Waals surface area contributed by atoms with Gasteiger partial charge in [0.05, 0.1) is 13.7 Å². The molecule has 8 nitrogen and oxygen atoms in total. The van der Waals surface area contributed by atoms with Gasteiger partial charge in [0, 0.05) is 5.56 Å². The van der Waals surface area contributed by atoms with Crippen molar-refractivity contribution < 1.29 is 23.8 Å². The lowest BCUT2D eigenvalue weighted by Crippen LogP contribution is -2.27. The molecule has 8 heteroatoms. The highest BCUT2D eigenvalue weighted by molar-refractivity contribution is 6.16. The Morgan fingerprint density at radius 1 is 1.32 bits per heavy atom. The van der Waals surface area contributed by atoms with Crippen LogP contribution in [0.1, 0.15) is 12.5 Å². The SMILES string of the molecule is CCOC(=O)/C(C(N)=O)=C1\NN=C(c2ccc(OC)cc2)O1. The van der Waals surface area contributed by atoms with Crippen LogP contribution in [0.3, 0.4) is 0 Å². The van der Waals surface area contributed by atoms with E-state index in [1.54, 1.807) is 38.3 Å². The van der Waals surface area contributed by atoms with E-state index in [2.05, 4.69) is 10.5 Å². The normalized spacial score (nSPS) is 15.3. The molecule has 0 saturated carbocycles. The molecule has 116 valence electrons. The minimum atomic E-state index is -0.966. The van der Waals surface area contributed by atoms with E-state index in [9.17, 15) is 9.59 Å². The minimum Gasteiger partial charge on any atom is -0.497 e. The topological polar surface area (TPSA) is 112 Å². The van der Waals surface area contributed by atoms with Gasteiger partial charge in [0.2, 0.25) is 11.8 Å². The van der Waals surface area contributed by atoms with Crippen molar-refractivity contribution in [2.24, 2.45) is 10.8 Å². The number of hydrogen-bond donors (Lipinski definition) is 2. The highest BCUT2D eigenvalue weighted by Crippen LogP contribution is 2.18. The summed E-state index contributed by atoms with van der Waals surface area (Å²) < 4.78 is 15.2. The van der Waals surface area contributed by atoms with Gasteiger partial charge in [-0.1, -0.05) is 0 Å². The Balaban J connectivity index is 2.22. The Labute approximate surface area is 126 Å². The highest BCUT2D eigenvalue weighted by Gasteiger charge is 2.28. The number of amides is 1. The smallest absolute Gasteiger partial charge is 0.349 e. The Morgan fingerprint density at radius 3 is 2.55 bits per heavy atom. The molecule has 2 rings (SSSR count). The molecule has 1 aliphatic heterocycles. The first-order chi connectivity index (χ1) is 10.6. The zero-order valence-corrected chi connectivity index (χ0v) is 12.1. The summed E-state index contributed by atoms with van der Waals surface area (Å²) in [4.78, 5) is 23.1. The van der Waals surface area contributed by atoms with E-state index in [0.717, 1.165) is 0 Å². The van der Waals surface area contributed by atoms with Gasteiger partial charge in [-0.2, -0.15) is 0 Å². The fraction of sp³-hybridized carbons (Fsp3) is 0.214. The predicted octanol–water partition coefficient (Wildman–Crippen LogP) is 0.237. The Kier molecular flexibility index (Phi) is 4.62. The van der Waals surface area contributed by atoms with Crippen LogP contribution < -0.4 is 15.9 Å². The van der Waals surface area contributed by atoms with Gasteiger partial charge >= 0.3 is 5.97 Å². The lowest BCUT2D eigenvalue weighted by atomic mass is 10.2. The molecular formula is C14H15N3O5. The molecule has 0 fully saturated rings. The van der Waals surface area contributed by atoms with E-state index in [-0.39, 0.29) is 18.4 Å². The quantitative estimate of drug-likeness (QED) is 0.349. The molecule has 3 N–H and O–H groups in total. The zero-order valence-electron chi connectivity index (χ0n) is 12.1. The monoisotopic (exact) mass is 305 g/mol. The number of primary amides is 1. The van der Waals surface area contributed by atoms with Crippen molar-refractivity contribution in [1.29, 1.82) is 0 Å². The molecule has 1 aromatic rings. The second kappa shape index (κ2) is 6.61. The van der Waals surface area contributed by atoms with Crippen LogP contribution in [0.15, 0.2) is 40.8 Å². The van der Waals surface area contributed by atoms with E-state index in [4.69, 9.17) is 19.9 Å². The van der Waals surface area contributed by atoms with Crippen LogP contribution in [0, 0.1) is 0 Å². The third-order valence-electron chi connectivity index (χ3n) is 2.75. The number of carbonyl (C=O) groups is 2. The summed E-state index contributed by atoms with van der Waals surface area (Å²) in [5.41, 5.74) is 7.86. The first-order valence-electron chi connectivity index (χ1n) is 6.44. The van der Waals surface area contributed by atoms with Crippen molar-refractivity contribution in [2.75, 3.05) is 13.7 Å². The van der Waals surface area contributed by atoms with Gasteiger partial charge in [-0.15, -0.1) is 5.10 Å². The van der Waals surface area contributed by atoms with Crippen LogP contribution in [0.2, 0.25) is 0 Å². The maximum absolute atomic E-state index is 11.7. The maximum atomic E-state index is 11.7. The van der Waals surface area contributed by atoms with Crippen molar-refractivity contribution in [3.8, 4) is 5.75 Å². The maximum Gasteiger partial charge on any atom is 0.349 e. The molecule has 1 amide bonds. The lowest BCUT2D eigenvalue weighted by Gasteiger charge is -2.07. The lowest BCUT2D eigenvalue weighted by molar-refractivity contribution is -0.140. The number of hydrazone groups is 1. The average molecular weight is 305 g/mol. The van der Waals surface area contributed by atoms with Crippen molar-refractivity contribution in [3.63, 3.8) is 0 Å². The summed E-state index contributed by atoms with van der Waals surface area (Å²) in [6.07, 6.45) is 0. The van der Waals surface area contributed by atoms with Gasteiger partial charge in [0.15, 0.2) is 5.57 Å². The predicted molar refractivity (Wildman–Crippen MR) is 76.6 cm³/mol. The fourth-order valence-corrected chi connectivity index (χ4v) is 1.72. The molecule has 0 spiro atoms. The summed E-state index contributed by atoms with van der Waals surface area (Å²) in [5.74, 6) is -1.12. The van der Waals surface area contributed by atoms with Crippen molar-refractivity contribution in [3.05, 3.63) is 41.3 Å². The average Bonchev–Trinajstić information content (AvgIpc) is 2.97. The van der Waals surface area contributed by atoms with E-state index in [0.29, 0.717) is 11.3 Å². The summed E-state index contributed by atoms with van der Waals surface area (Å²) in [7, 11) is 1.56. The van der Waals surface area contributed by atoms with Gasteiger partial charge in [-0.3, -0.25) is 4.79 Å². The minimum absolute atomic E-state index is 0.106. The van der Waals surface area contributed by atoms with Gasteiger partial charge in [-0.25, -0.2) is 10.2 Å². The second-order valence-corrected chi connectivity index (χ2v) is 4.15. The van der Waals surface area contributed by atoms with Crippen LogP contribution in [-0.2, 0) is 19.1 Å². The number of methoxy groups -OCH3 is 1. The summed E-state index contributed by atoms with van der Waals surface area (Å²) >= 11 is 0. The third-order valence-corrected chi connectivity index (χ3v) is 2.75. The van der Waals surface area contributed by atoms with Crippen LogP contribution in [-0.4, -0.2) is 31.5 Å². The van der Waals surface area contributed by atoms with Crippen LogP contribution in [0.5, 0.6) is 5.75 Å². The van der Waals surface area contributed by atoms with E-state index in [1.165, 1.54) is 0 Å². The van der Waals surface area contributed by atoms with Crippen molar-refractivity contribution in [1.82, 2.24) is 5.43 Å². The third kappa shape index (κ3) is 3.17. The Hall–Kier alpha value is -3.03. The van der Waals surface area contributed by atoms with E-state index < -0.39 is 17.4 Å². The number of hydrogen-bond acceptors (Lipinski definition) is 7. The van der Waals surface area contributed by atoms with Gasteiger partial charge < -0.3 is 19.9 Å². The molecule has 1 aromatic carbocycles. The number of ether oxygens (including phenoxy) is 3. The number of nitrogens with two attached hydrogens (primary N) is 1. The van der Waals surface area contributed by atoms with Crippen LogP contribution in [0.25, 0.3) is 0 Å². The van der Waals surface area contributed by atoms with Crippen LogP contribution in [0.4, 0.5) is 0 Å². The largest absolute Gasteiger partial charge is 0.497 e. The standard InChI is InChI=1S/C14H15N3O5/c1-3-21-14(19)10(11(15)18)13-17-16-12(22-13)8-4-6-9(20-2)7-5-8/h4-7,17H,3H2,1-2H3,(H2,15,18)/b13-10+. The van der Waals surface area contributed by atoms with Crippen molar-refractivity contribution >= 4 is 17.8 Å². The molecule has 22 heavy (non-hydrogen) atoms. The second-order valence-electron chi connectivity index (χ2n) is 4.15. The number of rotatable bonds is 5. The molecule has 0 atom stereocenters. The van der Waals surface area contributed by atoms with Crippen LogP contribution >= 0.6 is 0 Å². The zero-order chi connectivity index (χ0) is 16.1. The van der Waals surface area contributed by atoms with Gasteiger partial charge in [0.25, 0.3) is 5.91 Å². The first-order valence-corrected chi connectivity index (χ1v) is 6.44. The first kappa shape index (κ1) is 15.4. The summed E-state index contributed by atoms with van der Waals surface area (Å²) in [5, 5.41) is 3.92. The Bertz CT molecular complexity index is 649. The fourth-order valence-electron chi connectivity index (χ4n) is 1.72. The molecule has 0 unspecified atom stereocenters. The molecule has 0 radical (unpaired) electrons. The number of nitrogens with one attached hydrogen (secondary N) is 1. The molecule has 0 aromatic heterocycles. The molecular weight excluding hydrogens is 290 g/mol. The number of esters is 1. The summed E-state index contributed by atoms with van der Waals surface area (Å²) in [6.45, 7) is 1.72. The molecule has 0 bridgehead atoms. The van der Waals surface area contributed by atoms with E-state index in [1.807, 2.05) is 0 Å². The molecule has 1 aliphatic rings. The number of carbonyl (C=O) groups excluding carboxylic acids is 2. The van der Waals surface area contributed by atoms with Crippen molar-refractivity contribution in [2.45, 2.75) is 6.92 Å². The van der Waals surface area contributed by atoms with Gasteiger partial charge in [0.1, 0.15) is 5.75 Å². The van der Waals surface area contributed by atoms with Gasteiger partial charge in [-0.05, 0) is 31.2 Å². The summed E-state index contributed by atoms with van der Waals surface area (Å²) in [6, 6.07) is 6.89. The molecule has 1 heterocycles. The Morgan fingerprint density at radius 2 is 2.00 bits per heavy atom. The molecule has 0 aliphatic carbocycles. The number of nitrogens with zero attached hydrogens (tertiary/aromatic N) is 1. The number of benzene rings is 1. The highest BCUT2D eigenvalue weighted by atomic mass is 16.5. The van der Waals surface area contributed by atoms with E-state index >= 15 is 0 Å².